The van der Waals surface area contributed by atoms with Gasteiger partial charge < -0.3 is 20.8 Å². The molecule has 1 fully saturated rings. The van der Waals surface area contributed by atoms with Crippen LogP contribution in [-0.2, 0) is 4.79 Å². The molecular weight excluding hydrogens is 394 g/mol. The van der Waals surface area contributed by atoms with Crippen molar-refractivity contribution in [2.75, 3.05) is 19.9 Å². The molecule has 4 N–H and O–H groups in total. The van der Waals surface area contributed by atoms with E-state index in [4.69, 9.17) is 15.5 Å². The van der Waals surface area contributed by atoms with E-state index >= 15 is 0 Å². The first-order chi connectivity index (χ1) is 15.1. The zero-order chi connectivity index (χ0) is 21.5. The van der Waals surface area contributed by atoms with Crippen LogP contribution in [0.25, 0.3) is 27.8 Å². The first-order valence-corrected chi connectivity index (χ1v) is 10.5. The van der Waals surface area contributed by atoms with Crippen molar-refractivity contribution in [1.82, 2.24) is 29.9 Å². The molecule has 4 aromatic rings. The van der Waals surface area contributed by atoms with Crippen molar-refractivity contribution >= 4 is 28.1 Å². The highest BCUT2D eigenvalue weighted by atomic mass is 16.5. The quantitative estimate of drug-likeness (QED) is 0.467. The molecule has 31 heavy (non-hydrogen) atoms. The number of ether oxygens (including phenoxy) is 1. The fourth-order valence-electron chi connectivity index (χ4n) is 4.67. The average molecular weight is 419 g/mol. The van der Waals surface area contributed by atoms with Crippen molar-refractivity contribution in [3.63, 3.8) is 0 Å². The summed E-state index contributed by atoms with van der Waals surface area (Å²) in [5.41, 5.74) is 9.42. The summed E-state index contributed by atoms with van der Waals surface area (Å²) >= 11 is 0. The Morgan fingerprint density at radius 3 is 2.84 bits per heavy atom. The lowest BCUT2D eigenvalue weighted by molar-refractivity contribution is -0.125. The SMILES string of the molecule is CNC(=O)C1CCC(c2nc(-c3cc4cccc(OC)c4[nH]3)c3c(N)ncnn23)CC1. The Balaban J connectivity index is 1.59. The second kappa shape index (κ2) is 7.57. The maximum absolute atomic E-state index is 12.0. The third kappa shape index (κ3) is 3.17. The van der Waals surface area contributed by atoms with Gasteiger partial charge in [-0.1, -0.05) is 12.1 Å². The molecule has 1 aliphatic carbocycles. The van der Waals surface area contributed by atoms with Crippen LogP contribution in [0.2, 0.25) is 0 Å². The molecule has 1 amide bonds. The fraction of sp³-hybridized carbons (Fsp3) is 0.364. The number of carbonyl (C=O) groups excluding carboxylic acids is 1. The summed E-state index contributed by atoms with van der Waals surface area (Å²) in [6, 6.07) is 7.94. The van der Waals surface area contributed by atoms with Crippen LogP contribution >= 0.6 is 0 Å². The standard InChI is InChI=1S/C22H25N7O2/c1-24-22(30)13-8-6-12(7-9-13)21-28-18(19-20(23)25-11-26-29(19)21)15-10-14-4-3-5-16(31-2)17(14)27-15/h3-5,10-13,27H,6-9H2,1-2H3,(H,24,30)(H2,23,25,26). The van der Waals surface area contributed by atoms with Crippen molar-refractivity contribution in [2.45, 2.75) is 31.6 Å². The molecule has 0 unspecified atom stereocenters. The minimum absolute atomic E-state index is 0.0628. The summed E-state index contributed by atoms with van der Waals surface area (Å²) in [6.07, 6.45) is 4.88. The Labute approximate surface area is 179 Å². The largest absolute Gasteiger partial charge is 0.495 e. The van der Waals surface area contributed by atoms with E-state index in [1.54, 1.807) is 14.2 Å². The lowest BCUT2D eigenvalue weighted by Gasteiger charge is -2.26. The smallest absolute Gasteiger partial charge is 0.222 e. The number of nitrogen functional groups attached to an aromatic ring is 1. The number of imidazole rings is 1. The van der Waals surface area contributed by atoms with Gasteiger partial charge >= 0.3 is 0 Å². The molecule has 0 radical (unpaired) electrons. The number of hydrogen-bond acceptors (Lipinski definition) is 6. The Morgan fingerprint density at radius 1 is 1.29 bits per heavy atom. The van der Waals surface area contributed by atoms with Gasteiger partial charge in [0.25, 0.3) is 0 Å². The average Bonchev–Trinajstić information content (AvgIpc) is 3.41. The van der Waals surface area contributed by atoms with E-state index in [-0.39, 0.29) is 17.7 Å². The third-order valence-electron chi connectivity index (χ3n) is 6.29. The number of amides is 1. The highest BCUT2D eigenvalue weighted by Gasteiger charge is 2.30. The van der Waals surface area contributed by atoms with Crippen molar-refractivity contribution in [3.05, 3.63) is 36.4 Å². The van der Waals surface area contributed by atoms with Crippen LogP contribution in [0, 0.1) is 5.92 Å². The van der Waals surface area contributed by atoms with Crippen LogP contribution in [-0.4, -0.2) is 44.6 Å². The number of rotatable bonds is 4. The van der Waals surface area contributed by atoms with Crippen molar-refractivity contribution in [3.8, 4) is 17.1 Å². The maximum Gasteiger partial charge on any atom is 0.222 e. The van der Waals surface area contributed by atoms with Crippen LogP contribution in [0.5, 0.6) is 5.75 Å². The number of nitrogens with one attached hydrogen (secondary N) is 2. The monoisotopic (exact) mass is 419 g/mol. The van der Waals surface area contributed by atoms with E-state index < -0.39 is 0 Å². The summed E-state index contributed by atoms with van der Waals surface area (Å²) < 4.78 is 7.30. The molecule has 160 valence electrons. The highest BCUT2D eigenvalue weighted by molar-refractivity contribution is 5.93. The minimum Gasteiger partial charge on any atom is -0.495 e. The van der Waals surface area contributed by atoms with Gasteiger partial charge in [0.15, 0.2) is 5.82 Å². The number of aromatic amines is 1. The predicted molar refractivity (Wildman–Crippen MR) is 118 cm³/mol. The van der Waals surface area contributed by atoms with Crippen LogP contribution in [0.1, 0.15) is 37.4 Å². The lowest BCUT2D eigenvalue weighted by atomic mass is 9.81. The highest BCUT2D eigenvalue weighted by Crippen LogP contribution is 2.39. The van der Waals surface area contributed by atoms with Gasteiger partial charge in [0.05, 0.1) is 18.3 Å². The van der Waals surface area contributed by atoms with Crippen LogP contribution in [0.3, 0.4) is 0 Å². The van der Waals surface area contributed by atoms with E-state index in [1.807, 2.05) is 28.8 Å². The van der Waals surface area contributed by atoms with Crippen molar-refractivity contribution in [2.24, 2.45) is 5.92 Å². The van der Waals surface area contributed by atoms with Crippen LogP contribution in [0.15, 0.2) is 30.6 Å². The molecule has 3 aromatic heterocycles. The number of benzene rings is 1. The van der Waals surface area contributed by atoms with Gasteiger partial charge in [0, 0.05) is 24.3 Å². The van der Waals surface area contributed by atoms with E-state index in [1.165, 1.54) is 6.33 Å². The zero-order valence-corrected chi connectivity index (χ0v) is 17.6. The number of fused-ring (bicyclic) bond motifs is 2. The van der Waals surface area contributed by atoms with E-state index in [0.717, 1.165) is 59.5 Å². The summed E-state index contributed by atoms with van der Waals surface area (Å²) in [5, 5.41) is 8.26. The van der Waals surface area contributed by atoms with E-state index in [9.17, 15) is 4.79 Å². The number of nitrogens with zero attached hydrogens (tertiary/aromatic N) is 4. The number of hydrogen-bond donors (Lipinski definition) is 3. The van der Waals surface area contributed by atoms with Gasteiger partial charge in [-0.15, -0.1) is 0 Å². The topological polar surface area (TPSA) is 123 Å². The molecule has 5 rings (SSSR count). The maximum atomic E-state index is 12.0. The molecule has 1 aromatic carbocycles. The Kier molecular flexibility index (Phi) is 4.72. The molecule has 1 aliphatic rings. The predicted octanol–water partition coefficient (Wildman–Crippen LogP) is 2.88. The second-order valence-electron chi connectivity index (χ2n) is 7.99. The van der Waals surface area contributed by atoms with Crippen molar-refractivity contribution < 1.29 is 9.53 Å². The molecule has 3 heterocycles. The molecule has 0 bridgehead atoms. The fourth-order valence-corrected chi connectivity index (χ4v) is 4.67. The minimum atomic E-state index is 0.0628. The van der Waals surface area contributed by atoms with Gasteiger partial charge in [0.1, 0.15) is 29.1 Å². The molecule has 0 saturated heterocycles. The molecule has 9 heteroatoms. The van der Waals surface area contributed by atoms with Crippen molar-refractivity contribution in [1.29, 1.82) is 0 Å². The number of H-pyrrole nitrogens is 1. The van der Waals surface area contributed by atoms with E-state index in [2.05, 4.69) is 20.4 Å². The zero-order valence-electron chi connectivity index (χ0n) is 17.6. The summed E-state index contributed by atoms with van der Waals surface area (Å²) in [7, 11) is 3.35. The summed E-state index contributed by atoms with van der Waals surface area (Å²) in [6.45, 7) is 0. The number of nitrogens with two attached hydrogens (primary N) is 1. The number of para-hydroxylation sites is 1. The number of carbonyl (C=O) groups is 1. The van der Waals surface area contributed by atoms with Gasteiger partial charge in [-0.2, -0.15) is 5.10 Å². The summed E-state index contributed by atoms with van der Waals surface area (Å²) in [4.78, 5) is 24.6. The van der Waals surface area contributed by atoms with Gasteiger partial charge in [0.2, 0.25) is 5.91 Å². The van der Waals surface area contributed by atoms with E-state index in [0.29, 0.717) is 11.3 Å². The Morgan fingerprint density at radius 2 is 2.10 bits per heavy atom. The molecule has 0 atom stereocenters. The normalized spacial score (nSPS) is 19.0. The molecule has 0 spiro atoms. The Hall–Kier alpha value is -3.62. The molecule has 0 aliphatic heterocycles. The van der Waals surface area contributed by atoms with Gasteiger partial charge in [-0.25, -0.2) is 14.5 Å². The summed E-state index contributed by atoms with van der Waals surface area (Å²) in [5.74, 6) is 2.40. The number of aromatic nitrogens is 5. The number of anilines is 1. The lowest BCUT2D eigenvalue weighted by Crippen LogP contribution is -2.30. The first-order valence-electron chi connectivity index (χ1n) is 10.5. The molecule has 1 saturated carbocycles. The molecular formula is C22H25N7O2. The van der Waals surface area contributed by atoms with Crippen LogP contribution < -0.4 is 15.8 Å². The van der Waals surface area contributed by atoms with Gasteiger partial charge in [-0.3, -0.25) is 4.79 Å². The first kappa shape index (κ1) is 19.3. The molecule has 9 nitrogen and oxygen atoms in total. The number of methoxy groups -OCH3 is 1. The van der Waals surface area contributed by atoms with Gasteiger partial charge in [-0.05, 0) is 37.8 Å². The third-order valence-corrected chi connectivity index (χ3v) is 6.29. The van der Waals surface area contributed by atoms with Crippen LogP contribution in [0.4, 0.5) is 5.82 Å². The second-order valence-corrected chi connectivity index (χ2v) is 7.99. The Bertz CT molecular complexity index is 1270.